The van der Waals surface area contributed by atoms with Crippen LogP contribution in [-0.4, -0.2) is 43.4 Å². The Morgan fingerprint density at radius 3 is 2.38 bits per heavy atom. The van der Waals surface area contributed by atoms with E-state index in [4.69, 9.17) is 4.74 Å². The molecule has 7 nitrogen and oxygen atoms in total. The Kier molecular flexibility index (Phi) is 5.33. The normalized spacial score (nSPS) is 15.6. The molecule has 1 saturated heterocycles. The molecule has 2 heterocycles. The van der Waals surface area contributed by atoms with Crippen LogP contribution >= 0.6 is 0 Å². The molecule has 0 bridgehead atoms. The Hall–Kier alpha value is -2.32. The fraction of sp³-hybridized carbons (Fsp3) is 0.389. The lowest BCUT2D eigenvalue weighted by Gasteiger charge is -2.25. The molecule has 1 aliphatic rings. The summed E-state index contributed by atoms with van der Waals surface area (Å²) in [6.07, 6.45) is 4.29. The minimum Gasteiger partial charge on any atom is -0.497 e. The zero-order valence-corrected chi connectivity index (χ0v) is 15.8. The molecule has 1 fully saturated rings. The lowest BCUT2D eigenvalue weighted by molar-refractivity contribution is 0.101. The molecule has 8 heteroatoms. The molecular formula is C18H23N3O4S. The van der Waals surface area contributed by atoms with Gasteiger partial charge in [0.2, 0.25) is 10.0 Å². The van der Waals surface area contributed by atoms with Gasteiger partial charge in [0.1, 0.15) is 16.3 Å². The number of hydrogen-bond donors (Lipinski definition) is 1. The topological polar surface area (TPSA) is 80.6 Å². The number of piperidine rings is 1. The number of carbonyl (C=O) groups is 1. The summed E-state index contributed by atoms with van der Waals surface area (Å²) >= 11 is 0. The number of ether oxygens (including phenoxy) is 1. The summed E-state index contributed by atoms with van der Waals surface area (Å²) in [6, 6.07) is 8.37. The zero-order valence-electron chi connectivity index (χ0n) is 14.9. The SMILES string of the molecule is COc1ccc(NC(=O)c2cc(S(=O)(=O)N3CCCCC3)cn2C)cc1. The van der Waals surface area contributed by atoms with Crippen LogP contribution in [0.25, 0.3) is 0 Å². The van der Waals surface area contributed by atoms with Gasteiger partial charge in [0, 0.05) is 32.0 Å². The Bertz CT molecular complexity index is 882. The first kappa shape index (κ1) is 18.5. The van der Waals surface area contributed by atoms with Gasteiger partial charge in [0.25, 0.3) is 5.91 Å². The van der Waals surface area contributed by atoms with Gasteiger partial charge in [-0.2, -0.15) is 4.31 Å². The number of hydrogen-bond acceptors (Lipinski definition) is 4. The van der Waals surface area contributed by atoms with E-state index in [1.807, 2.05) is 0 Å². The molecule has 0 aliphatic carbocycles. The number of carbonyl (C=O) groups excluding carboxylic acids is 1. The lowest BCUT2D eigenvalue weighted by Crippen LogP contribution is -2.35. The van der Waals surface area contributed by atoms with E-state index in [0.717, 1.165) is 19.3 Å². The second-order valence-corrected chi connectivity index (χ2v) is 8.26. The summed E-state index contributed by atoms with van der Waals surface area (Å²) in [4.78, 5) is 12.7. The van der Waals surface area contributed by atoms with Gasteiger partial charge in [-0.15, -0.1) is 0 Å². The van der Waals surface area contributed by atoms with Crippen molar-refractivity contribution < 1.29 is 17.9 Å². The number of sulfonamides is 1. The van der Waals surface area contributed by atoms with Crippen molar-refractivity contribution in [2.75, 3.05) is 25.5 Å². The van der Waals surface area contributed by atoms with E-state index in [-0.39, 0.29) is 16.5 Å². The van der Waals surface area contributed by atoms with Gasteiger partial charge < -0.3 is 14.6 Å². The van der Waals surface area contributed by atoms with E-state index in [2.05, 4.69) is 5.32 Å². The minimum atomic E-state index is -3.56. The molecule has 1 N–H and O–H groups in total. The number of aryl methyl sites for hydroxylation is 1. The van der Waals surface area contributed by atoms with Crippen molar-refractivity contribution >= 4 is 21.6 Å². The fourth-order valence-electron chi connectivity index (χ4n) is 3.02. The molecule has 0 saturated carbocycles. The van der Waals surface area contributed by atoms with Crippen molar-refractivity contribution in [2.45, 2.75) is 24.2 Å². The molecule has 2 aromatic rings. The molecule has 1 amide bonds. The molecule has 0 atom stereocenters. The summed E-state index contributed by atoms with van der Waals surface area (Å²) in [5.41, 5.74) is 0.897. The maximum Gasteiger partial charge on any atom is 0.272 e. The van der Waals surface area contributed by atoms with Crippen molar-refractivity contribution in [3.05, 3.63) is 42.2 Å². The van der Waals surface area contributed by atoms with E-state index < -0.39 is 10.0 Å². The molecule has 0 spiro atoms. The second-order valence-electron chi connectivity index (χ2n) is 6.32. The standard InChI is InChI=1S/C18H23N3O4S/c1-20-13-16(26(23,24)21-10-4-3-5-11-21)12-17(20)18(22)19-14-6-8-15(25-2)9-7-14/h6-9,12-13H,3-5,10-11H2,1-2H3,(H,19,22). The van der Waals surface area contributed by atoms with Crippen LogP contribution in [0.15, 0.2) is 41.4 Å². The summed E-state index contributed by atoms with van der Waals surface area (Å²) < 4.78 is 33.7. The molecule has 140 valence electrons. The number of anilines is 1. The van der Waals surface area contributed by atoms with Crippen molar-refractivity contribution in [1.29, 1.82) is 0 Å². The highest BCUT2D eigenvalue weighted by molar-refractivity contribution is 7.89. The molecule has 3 rings (SSSR count). The Morgan fingerprint density at radius 1 is 1.12 bits per heavy atom. The summed E-state index contributed by atoms with van der Waals surface area (Å²) in [5.74, 6) is 0.328. The summed E-state index contributed by atoms with van der Waals surface area (Å²) in [7, 11) is -0.327. The van der Waals surface area contributed by atoms with Crippen molar-refractivity contribution in [3.8, 4) is 5.75 Å². The highest BCUT2D eigenvalue weighted by Crippen LogP contribution is 2.23. The summed E-state index contributed by atoms with van der Waals surface area (Å²) in [5, 5.41) is 2.77. The van der Waals surface area contributed by atoms with Gasteiger partial charge in [-0.05, 0) is 43.2 Å². The average molecular weight is 377 g/mol. The van der Waals surface area contributed by atoms with E-state index in [9.17, 15) is 13.2 Å². The van der Waals surface area contributed by atoms with Gasteiger partial charge in [-0.3, -0.25) is 4.79 Å². The third kappa shape index (κ3) is 3.76. The van der Waals surface area contributed by atoms with Crippen LogP contribution in [0.3, 0.4) is 0 Å². The fourth-order valence-corrected chi connectivity index (χ4v) is 4.61. The van der Waals surface area contributed by atoms with E-state index >= 15 is 0 Å². The maximum absolute atomic E-state index is 12.8. The third-order valence-corrected chi connectivity index (χ3v) is 6.38. The predicted molar refractivity (Wildman–Crippen MR) is 99.0 cm³/mol. The summed E-state index contributed by atoms with van der Waals surface area (Å²) in [6.45, 7) is 1.06. The van der Waals surface area contributed by atoms with E-state index in [0.29, 0.717) is 24.5 Å². The van der Waals surface area contributed by atoms with Crippen LogP contribution in [0.4, 0.5) is 5.69 Å². The molecule has 1 aromatic carbocycles. The van der Waals surface area contributed by atoms with Gasteiger partial charge in [-0.1, -0.05) is 6.42 Å². The number of nitrogens with one attached hydrogen (secondary N) is 1. The van der Waals surface area contributed by atoms with Crippen LogP contribution in [0.5, 0.6) is 5.75 Å². The van der Waals surface area contributed by atoms with Crippen molar-refractivity contribution in [2.24, 2.45) is 7.05 Å². The number of aromatic nitrogens is 1. The molecule has 1 aliphatic heterocycles. The lowest BCUT2D eigenvalue weighted by atomic mass is 10.2. The van der Waals surface area contributed by atoms with Crippen LogP contribution in [0.1, 0.15) is 29.8 Å². The highest BCUT2D eigenvalue weighted by atomic mass is 32.2. The van der Waals surface area contributed by atoms with Gasteiger partial charge in [0.15, 0.2) is 0 Å². The first-order valence-corrected chi connectivity index (χ1v) is 9.98. The van der Waals surface area contributed by atoms with Crippen LogP contribution in [-0.2, 0) is 17.1 Å². The van der Waals surface area contributed by atoms with Crippen molar-refractivity contribution in [1.82, 2.24) is 8.87 Å². The molecule has 0 radical (unpaired) electrons. The quantitative estimate of drug-likeness (QED) is 0.868. The largest absolute Gasteiger partial charge is 0.497 e. The maximum atomic E-state index is 12.8. The molecule has 1 aromatic heterocycles. The average Bonchev–Trinajstić information content (AvgIpc) is 3.06. The van der Waals surface area contributed by atoms with Gasteiger partial charge >= 0.3 is 0 Å². The molecule has 0 unspecified atom stereocenters. The Balaban J connectivity index is 1.79. The Morgan fingerprint density at radius 2 is 1.77 bits per heavy atom. The third-order valence-electron chi connectivity index (χ3n) is 4.51. The number of methoxy groups -OCH3 is 1. The smallest absolute Gasteiger partial charge is 0.272 e. The van der Waals surface area contributed by atoms with Crippen LogP contribution in [0.2, 0.25) is 0 Å². The second kappa shape index (κ2) is 7.51. The number of nitrogens with zero attached hydrogens (tertiary/aromatic N) is 2. The Labute approximate surface area is 153 Å². The van der Waals surface area contributed by atoms with Gasteiger partial charge in [0.05, 0.1) is 7.11 Å². The molecule has 26 heavy (non-hydrogen) atoms. The molecular weight excluding hydrogens is 354 g/mol. The minimum absolute atomic E-state index is 0.154. The first-order valence-electron chi connectivity index (χ1n) is 8.54. The highest BCUT2D eigenvalue weighted by Gasteiger charge is 2.28. The van der Waals surface area contributed by atoms with Gasteiger partial charge in [-0.25, -0.2) is 8.42 Å². The van der Waals surface area contributed by atoms with E-state index in [1.54, 1.807) is 38.4 Å². The number of amides is 1. The van der Waals surface area contributed by atoms with Crippen LogP contribution in [0, 0.1) is 0 Å². The zero-order chi connectivity index (χ0) is 18.7. The monoisotopic (exact) mass is 377 g/mol. The van der Waals surface area contributed by atoms with Crippen LogP contribution < -0.4 is 10.1 Å². The predicted octanol–water partition coefficient (Wildman–Crippen LogP) is 2.46. The van der Waals surface area contributed by atoms with Crippen molar-refractivity contribution in [3.63, 3.8) is 0 Å². The number of rotatable bonds is 5. The first-order chi connectivity index (χ1) is 12.4. The van der Waals surface area contributed by atoms with E-state index in [1.165, 1.54) is 21.1 Å². The number of benzene rings is 1.